The maximum atomic E-state index is 13.0. The molecular weight excluding hydrogens is 307 g/mol. The van der Waals surface area contributed by atoms with Crippen LogP contribution in [0.2, 0.25) is 0 Å². The minimum Gasteiger partial charge on any atom is -0.322 e. The van der Waals surface area contributed by atoms with Crippen molar-refractivity contribution < 1.29 is 14.0 Å². The Balaban J connectivity index is 1.96. The Bertz CT molecular complexity index is 841. The quantitative estimate of drug-likeness (QED) is 0.916. The minimum atomic E-state index is -0.633. The van der Waals surface area contributed by atoms with E-state index >= 15 is 0 Å². The minimum absolute atomic E-state index is 0.0302. The lowest BCUT2D eigenvalue weighted by atomic mass is 9.85. The van der Waals surface area contributed by atoms with Crippen molar-refractivity contribution in [1.29, 1.82) is 0 Å². The van der Waals surface area contributed by atoms with Crippen molar-refractivity contribution in [1.82, 2.24) is 0 Å². The predicted molar refractivity (Wildman–Crippen MR) is 92.0 cm³/mol. The van der Waals surface area contributed by atoms with Gasteiger partial charge in [-0.2, -0.15) is 0 Å². The molecule has 2 amide bonds. The molecule has 24 heavy (non-hydrogen) atoms. The van der Waals surface area contributed by atoms with Crippen LogP contribution in [0.5, 0.6) is 0 Å². The summed E-state index contributed by atoms with van der Waals surface area (Å²) in [4.78, 5) is 26.4. The van der Waals surface area contributed by atoms with Gasteiger partial charge in [-0.25, -0.2) is 4.39 Å². The Morgan fingerprint density at radius 1 is 1.17 bits per heavy atom. The number of rotatable bonds is 2. The molecule has 1 heterocycles. The van der Waals surface area contributed by atoms with E-state index < -0.39 is 5.41 Å². The molecule has 2 aromatic carbocycles. The molecule has 5 heteroatoms. The number of nitrogens with zero attached hydrogens (tertiary/aromatic N) is 1. The molecule has 0 atom stereocenters. The average Bonchev–Trinajstić information content (AvgIpc) is 2.69. The van der Waals surface area contributed by atoms with Crippen LogP contribution in [0.3, 0.4) is 0 Å². The largest absolute Gasteiger partial charge is 0.322 e. The van der Waals surface area contributed by atoms with Gasteiger partial charge in [0.15, 0.2) is 0 Å². The van der Waals surface area contributed by atoms with Crippen molar-refractivity contribution in [2.24, 2.45) is 0 Å². The lowest BCUT2D eigenvalue weighted by molar-refractivity contribution is -0.121. The van der Waals surface area contributed by atoms with Gasteiger partial charge in [0.1, 0.15) is 5.82 Å². The van der Waals surface area contributed by atoms with Crippen molar-refractivity contribution in [2.45, 2.75) is 26.2 Å². The second-order valence-electron chi connectivity index (χ2n) is 6.64. The highest BCUT2D eigenvalue weighted by Gasteiger charge is 2.43. The summed E-state index contributed by atoms with van der Waals surface area (Å²) in [7, 11) is 1.76. The van der Waals surface area contributed by atoms with Gasteiger partial charge in [-0.3, -0.25) is 9.59 Å². The van der Waals surface area contributed by atoms with Crippen LogP contribution >= 0.6 is 0 Å². The van der Waals surface area contributed by atoms with E-state index in [0.29, 0.717) is 11.3 Å². The zero-order valence-corrected chi connectivity index (χ0v) is 14.1. The molecule has 1 aliphatic heterocycles. The number of fused-ring (bicyclic) bond motifs is 1. The summed E-state index contributed by atoms with van der Waals surface area (Å²) >= 11 is 0. The SMILES string of the molecule is Cc1cc(NC(=O)c2ccc(F)cc2)cc2c1N(C)C(=O)C2(C)C. The van der Waals surface area contributed by atoms with E-state index in [0.717, 1.165) is 16.8 Å². The molecule has 0 unspecified atom stereocenters. The number of halogens is 1. The molecule has 0 radical (unpaired) electrons. The van der Waals surface area contributed by atoms with Gasteiger partial charge in [0, 0.05) is 18.3 Å². The average molecular weight is 326 g/mol. The molecule has 1 N–H and O–H groups in total. The van der Waals surface area contributed by atoms with E-state index in [4.69, 9.17) is 0 Å². The number of carbonyl (C=O) groups excluding carboxylic acids is 2. The third-order valence-corrected chi connectivity index (χ3v) is 4.51. The molecule has 1 aliphatic rings. The number of aryl methyl sites for hydroxylation is 1. The second-order valence-corrected chi connectivity index (χ2v) is 6.64. The number of hydrogen-bond donors (Lipinski definition) is 1. The first-order valence-electron chi connectivity index (χ1n) is 7.72. The summed E-state index contributed by atoms with van der Waals surface area (Å²) in [5, 5.41) is 2.82. The zero-order valence-electron chi connectivity index (χ0n) is 14.1. The highest BCUT2D eigenvalue weighted by Crippen LogP contribution is 2.44. The van der Waals surface area contributed by atoms with Crippen LogP contribution in [-0.4, -0.2) is 18.9 Å². The monoisotopic (exact) mass is 326 g/mol. The van der Waals surface area contributed by atoms with E-state index in [9.17, 15) is 14.0 Å². The maximum absolute atomic E-state index is 13.0. The zero-order chi connectivity index (χ0) is 17.6. The number of benzene rings is 2. The van der Waals surface area contributed by atoms with Crippen LogP contribution < -0.4 is 10.2 Å². The van der Waals surface area contributed by atoms with Crippen molar-refractivity contribution >= 4 is 23.2 Å². The lowest BCUT2D eigenvalue weighted by Crippen LogP contribution is -2.33. The van der Waals surface area contributed by atoms with E-state index in [2.05, 4.69) is 5.32 Å². The molecule has 4 nitrogen and oxygen atoms in total. The predicted octanol–water partition coefficient (Wildman–Crippen LogP) is 3.64. The molecule has 0 spiro atoms. The highest BCUT2D eigenvalue weighted by atomic mass is 19.1. The maximum Gasteiger partial charge on any atom is 0.255 e. The molecule has 0 bridgehead atoms. The molecule has 0 saturated heterocycles. The highest BCUT2D eigenvalue weighted by molar-refractivity contribution is 6.09. The van der Waals surface area contributed by atoms with Crippen molar-refractivity contribution in [3.63, 3.8) is 0 Å². The van der Waals surface area contributed by atoms with Crippen LogP contribution in [0, 0.1) is 12.7 Å². The van der Waals surface area contributed by atoms with Gasteiger partial charge in [0.25, 0.3) is 5.91 Å². The normalized spacial score (nSPS) is 15.4. The molecular formula is C19H19FN2O2. The first kappa shape index (κ1) is 16.2. The summed E-state index contributed by atoms with van der Waals surface area (Å²) in [5.74, 6) is -0.671. The number of amides is 2. The molecule has 2 aromatic rings. The number of hydrogen-bond acceptors (Lipinski definition) is 2. The third kappa shape index (κ3) is 2.46. The van der Waals surface area contributed by atoms with E-state index in [1.807, 2.05) is 32.9 Å². The van der Waals surface area contributed by atoms with E-state index in [1.54, 1.807) is 11.9 Å². The van der Waals surface area contributed by atoms with Crippen molar-refractivity contribution in [3.05, 3.63) is 58.9 Å². The molecule has 124 valence electrons. The number of carbonyl (C=O) groups is 2. The molecule has 0 saturated carbocycles. The number of nitrogens with one attached hydrogen (secondary N) is 1. The van der Waals surface area contributed by atoms with E-state index in [1.165, 1.54) is 24.3 Å². The third-order valence-electron chi connectivity index (χ3n) is 4.51. The van der Waals surface area contributed by atoms with Gasteiger partial charge in [0.05, 0.1) is 11.1 Å². The molecule has 0 aromatic heterocycles. The van der Waals surface area contributed by atoms with Gasteiger partial charge in [-0.1, -0.05) is 0 Å². The fourth-order valence-electron chi connectivity index (χ4n) is 3.21. The second kappa shape index (κ2) is 5.44. The number of likely N-dealkylation sites (N-methyl/N-ethyl adjacent to an activating group) is 1. The standard InChI is InChI=1S/C19H19FN2O2/c1-11-9-14(21-17(23)12-5-7-13(20)8-6-12)10-15-16(11)22(4)18(24)19(15,2)3/h5-10H,1-4H3,(H,21,23). The van der Waals surface area contributed by atoms with Gasteiger partial charge in [0.2, 0.25) is 5.91 Å². The fraction of sp³-hybridized carbons (Fsp3) is 0.263. The molecule has 3 rings (SSSR count). The Morgan fingerprint density at radius 2 is 1.79 bits per heavy atom. The summed E-state index contributed by atoms with van der Waals surface area (Å²) in [6.07, 6.45) is 0. The smallest absolute Gasteiger partial charge is 0.255 e. The lowest BCUT2D eigenvalue weighted by Gasteiger charge is -2.17. The first-order chi connectivity index (χ1) is 11.2. The molecule has 0 aliphatic carbocycles. The number of anilines is 2. The molecule has 0 fully saturated rings. The Labute approximate surface area is 140 Å². The summed E-state index contributed by atoms with van der Waals surface area (Å²) in [6, 6.07) is 9.05. The first-order valence-corrected chi connectivity index (χ1v) is 7.72. The van der Waals surface area contributed by atoms with Gasteiger partial charge < -0.3 is 10.2 Å². The Hall–Kier alpha value is -2.69. The summed E-state index contributed by atoms with van der Waals surface area (Å²) in [5.41, 5.74) is 3.07. The Morgan fingerprint density at radius 3 is 2.42 bits per heavy atom. The van der Waals surface area contributed by atoms with Crippen LogP contribution in [0.4, 0.5) is 15.8 Å². The van der Waals surface area contributed by atoms with Crippen LogP contribution in [0.25, 0.3) is 0 Å². The van der Waals surface area contributed by atoms with Gasteiger partial charge in [-0.15, -0.1) is 0 Å². The van der Waals surface area contributed by atoms with Crippen LogP contribution in [0.1, 0.15) is 35.3 Å². The van der Waals surface area contributed by atoms with Crippen molar-refractivity contribution in [2.75, 3.05) is 17.3 Å². The fourth-order valence-corrected chi connectivity index (χ4v) is 3.21. The van der Waals surface area contributed by atoms with Gasteiger partial charge in [-0.05, 0) is 68.3 Å². The van der Waals surface area contributed by atoms with Crippen LogP contribution in [-0.2, 0) is 10.2 Å². The van der Waals surface area contributed by atoms with Crippen LogP contribution in [0.15, 0.2) is 36.4 Å². The van der Waals surface area contributed by atoms with Crippen molar-refractivity contribution in [3.8, 4) is 0 Å². The summed E-state index contributed by atoms with van der Waals surface area (Å²) < 4.78 is 13.0. The topological polar surface area (TPSA) is 49.4 Å². The van der Waals surface area contributed by atoms with Gasteiger partial charge >= 0.3 is 0 Å². The van der Waals surface area contributed by atoms with E-state index in [-0.39, 0.29) is 17.6 Å². The Kier molecular flexibility index (Phi) is 3.67. The summed E-state index contributed by atoms with van der Waals surface area (Å²) in [6.45, 7) is 5.67.